The fraction of sp³-hybridized carbons (Fsp3) is 0.538. The van der Waals surface area contributed by atoms with E-state index in [1.165, 1.54) is 0 Å². The molecule has 1 rings (SSSR count). The van der Waals surface area contributed by atoms with Crippen molar-refractivity contribution in [3.8, 4) is 0 Å². The van der Waals surface area contributed by atoms with Gasteiger partial charge in [0.1, 0.15) is 0 Å². The molecule has 5 nitrogen and oxygen atoms in total. The van der Waals surface area contributed by atoms with E-state index in [1.54, 1.807) is 19.1 Å². The zero-order chi connectivity index (χ0) is 13.4. The number of nitro groups is 1. The van der Waals surface area contributed by atoms with Crippen LogP contribution in [0.1, 0.15) is 25.3 Å². The van der Waals surface area contributed by atoms with Gasteiger partial charge in [-0.3, -0.25) is 10.1 Å². The number of nitro benzene ring substituents is 1. The number of benzene rings is 1. The number of aryl methyl sites for hydroxylation is 1. The van der Waals surface area contributed by atoms with Gasteiger partial charge in [0, 0.05) is 37.1 Å². The summed E-state index contributed by atoms with van der Waals surface area (Å²) in [6.07, 6.45) is 1.92. The van der Waals surface area contributed by atoms with Gasteiger partial charge in [0.05, 0.1) is 4.92 Å². The van der Waals surface area contributed by atoms with Crippen LogP contribution in [-0.4, -0.2) is 24.7 Å². The summed E-state index contributed by atoms with van der Waals surface area (Å²) >= 11 is 0. The van der Waals surface area contributed by atoms with Gasteiger partial charge in [-0.25, -0.2) is 0 Å². The average Bonchev–Trinajstić information content (AvgIpc) is 2.35. The van der Waals surface area contributed by atoms with E-state index in [1.807, 2.05) is 6.07 Å². The summed E-state index contributed by atoms with van der Waals surface area (Å²) in [7, 11) is 0. The minimum Gasteiger partial charge on any atom is -0.385 e. The molecule has 0 radical (unpaired) electrons. The first-order valence-corrected chi connectivity index (χ1v) is 6.21. The maximum Gasteiger partial charge on any atom is 0.274 e. The van der Waals surface area contributed by atoms with Crippen molar-refractivity contribution < 1.29 is 9.66 Å². The molecule has 0 atom stereocenters. The van der Waals surface area contributed by atoms with E-state index in [2.05, 4.69) is 12.2 Å². The van der Waals surface area contributed by atoms with E-state index in [0.717, 1.165) is 38.3 Å². The maximum atomic E-state index is 10.8. The highest BCUT2D eigenvalue weighted by Crippen LogP contribution is 2.22. The molecule has 1 N–H and O–H groups in total. The first-order valence-electron chi connectivity index (χ1n) is 6.21. The number of rotatable bonds is 8. The van der Waals surface area contributed by atoms with Crippen molar-refractivity contribution >= 4 is 11.4 Å². The van der Waals surface area contributed by atoms with Crippen LogP contribution in [0.25, 0.3) is 0 Å². The van der Waals surface area contributed by atoms with Crippen LogP contribution in [-0.2, 0) is 4.74 Å². The summed E-state index contributed by atoms with van der Waals surface area (Å²) < 4.78 is 5.35. The molecule has 1 aromatic rings. The molecule has 0 saturated carbocycles. The standard InChI is InChI=1S/C13H20N2O3/c1-3-8-18-9-4-7-14-12-6-5-11(2)13(10-12)15(16)17/h5-6,10,14H,3-4,7-9H2,1-2H3. The van der Waals surface area contributed by atoms with E-state index < -0.39 is 0 Å². The first-order chi connectivity index (χ1) is 8.65. The fourth-order valence-electron chi connectivity index (χ4n) is 1.57. The molecule has 0 unspecified atom stereocenters. The Morgan fingerprint density at radius 3 is 2.83 bits per heavy atom. The largest absolute Gasteiger partial charge is 0.385 e. The molecule has 5 heteroatoms. The average molecular weight is 252 g/mol. The molecule has 0 saturated heterocycles. The Kier molecular flexibility index (Phi) is 6.14. The predicted octanol–water partition coefficient (Wildman–Crippen LogP) is 3.13. The van der Waals surface area contributed by atoms with Gasteiger partial charge in [-0.1, -0.05) is 13.0 Å². The molecule has 1 aromatic carbocycles. The van der Waals surface area contributed by atoms with Crippen LogP contribution in [0.2, 0.25) is 0 Å². The number of anilines is 1. The highest BCUT2D eigenvalue weighted by atomic mass is 16.6. The van der Waals surface area contributed by atoms with E-state index >= 15 is 0 Å². The molecule has 0 aliphatic carbocycles. The second-order valence-electron chi connectivity index (χ2n) is 4.15. The van der Waals surface area contributed by atoms with Crippen LogP contribution in [0.4, 0.5) is 11.4 Å². The van der Waals surface area contributed by atoms with Crippen molar-refractivity contribution in [2.75, 3.05) is 25.1 Å². The maximum absolute atomic E-state index is 10.8. The third-order valence-electron chi connectivity index (χ3n) is 2.55. The van der Waals surface area contributed by atoms with Gasteiger partial charge in [0.15, 0.2) is 0 Å². The lowest BCUT2D eigenvalue weighted by Gasteiger charge is -2.07. The van der Waals surface area contributed by atoms with Crippen LogP contribution in [0, 0.1) is 17.0 Å². The van der Waals surface area contributed by atoms with Crippen LogP contribution in [0.3, 0.4) is 0 Å². The second kappa shape index (κ2) is 7.66. The van der Waals surface area contributed by atoms with Crippen molar-refractivity contribution in [3.05, 3.63) is 33.9 Å². The van der Waals surface area contributed by atoms with E-state index in [9.17, 15) is 10.1 Å². The lowest BCUT2D eigenvalue weighted by atomic mass is 10.2. The Morgan fingerprint density at radius 2 is 2.17 bits per heavy atom. The zero-order valence-corrected chi connectivity index (χ0v) is 10.9. The van der Waals surface area contributed by atoms with Gasteiger partial charge >= 0.3 is 0 Å². The molecule has 18 heavy (non-hydrogen) atoms. The Bertz CT molecular complexity index is 394. The monoisotopic (exact) mass is 252 g/mol. The van der Waals surface area contributed by atoms with Gasteiger partial charge < -0.3 is 10.1 Å². The van der Waals surface area contributed by atoms with E-state index in [-0.39, 0.29) is 10.6 Å². The molecule has 0 amide bonds. The third-order valence-corrected chi connectivity index (χ3v) is 2.55. The Hall–Kier alpha value is -1.62. The van der Waals surface area contributed by atoms with Crippen molar-refractivity contribution in [3.63, 3.8) is 0 Å². The number of nitrogens with zero attached hydrogens (tertiary/aromatic N) is 1. The van der Waals surface area contributed by atoms with Crippen LogP contribution in [0.5, 0.6) is 0 Å². The van der Waals surface area contributed by atoms with Crippen molar-refractivity contribution in [2.24, 2.45) is 0 Å². The highest BCUT2D eigenvalue weighted by Gasteiger charge is 2.10. The van der Waals surface area contributed by atoms with E-state index in [0.29, 0.717) is 5.56 Å². The number of hydrogen-bond donors (Lipinski definition) is 1. The fourth-order valence-corrected chi connectivity index (χ4v) is 1.57. The highest BCUT2D eigenvalue weighted by molar-refractivity contribution is 5.54. The first kappa shape index (κ1) is 14.4. The van der Waals surface area contributed by atoms with Gasteiger partial charge in [-0.15, -0.1) is 0 Å². The smallest absolute Gasteiger partial charge is 0.274 e. The molecule has 0 heterocycles. The van der Waals surface area contributed by atoms with Gasteiger partial charge in [0.25, 0.3) is 5.69 Å². The summed E-state index contributed by atoms with van der Waals surface area (Å²) in [6.45, 7) is 6.07. The molecule has 0 aliphatic heterocycles. The SMILES string of the molecule is CCCOCCCNc1ccc(C)c([N+](=O)[O-])c1. The van der Waals surface area contributed by atoms with Crippen molar-refractivity contribution in [1.29, 1.82) is 0 Å². The van der Waals surface area contributed by atoms with Gasteiger partial charge in [-0.2, -0.15) is 0 Å². The van der Waals surface area contributed by atoms with Crippen LogP contribution < -0.4 is 5.32 Å². The number of hydrogen-bond acceptors (Lipinski definition) is 4. The Balaban J connectivity index is 2.38. The lowest BCUT2D eigenvalue weighted by Crippen LogP contribution is -2.06. The third kappa shape index (κ3) is 4.71. The number of ether oxygens (including phenoxy) is 1. The second-order valence-corrected chi connectivity index (χ2v) is 4.15. The minimum absolute atomic E-state index is 0.155. The molecule has 100 valence electrons. The quantitative estimate of drug-likeness (QED) is 0.438. The molecule has 0 spiro atoms. The lowest BCUT2D eigenvalue weighted by molar-refractivity contribution is -0.385. The van der Waals surface area contributed by atoms with Gasteiger partial charge in [-0.05, 0) is 25.8 Å². The normalized spacial score (nSPS) is 10.3. The molecule has 0 aliphatic rings. The number of nitrogens with one attached hydrogen (secondary N) is 1. The van der Waals surface area contributed by atoms with Gasteiger partial charge in [0.2, 0.25) is 0 Å². The summed E-state index contributed by atoms with van der Waals surface area (Å²) in [6, 6.07) is 5.19. The Labute approximate surface area is 107 Å². The van der Waals surface area contributed by atoms with Crippen LogP contribution >= 0.6 is 0 Å². The predicted molar refractivity (Wildman–Crippen MR) is 72.1 cm³/mol. The van der Waals surface area contributed by atoms with E-state index in [4.69, 9.17) is 4.74 Å². The van der Waals surface area contributed by atoms with Crippen molar-refractivity contribution in [2.45, 2.75) is 26.7 Å². The van der Waals surface area contributed by atoms with Crippen LogP contribution in [0.15, 0.2) is 18.2 Å². The summed E-state index contributed by atoms with van der Waals surface area (Å²) in [5, 5.41) is 13.9. The molecule has 0 bridgehead atoms. The minimum atomic E-state index is -0.356. The Morgan fingerprint density at radius 1 is 1.39 bits per heavy atom. The van der Waals surface area contributed by atoms with Crippen molar-refractivity contribution in [1.82, 2.24) is 0 Å². The topological polar surface area (TPSA) is 64.4 Å². The zero-order valence-electron chi connectivity index (χ0n) is 10.9. The molecular weight excluding hydrogens is 232 g/mol. The molecule has 0 aromatic heterocycles. The summed E-state index contributed by atoms with van der Waals surface area (Å²) in [5.74, 6) is 0. The molecular formula is C13H20N2O3. The summed E-state index contributed by atoms with van der Waals surface area (Å²) in [5.41, 5.74) is 1.61. The summed E-state index contributed by atoms with van der Waals surface area (Å²) in [4.78, 5) is 10.4. The molecule has 0 fully saturated rings.